The molecule has 2 N–H and O–H groups in total. The number of nitrogens with one attached hydrogen (secondary N) is 2. The molecule has 0 bridgehead atoms. The van der Waals surface area contributed by atoms with Crippen LogP contribution in [0.4, 0.5) is 11.4 Å². The first-order valence-electron chi connectivity index (χ1n) is 7.41. The fraction of sp³-hybridized carbons (Fsp3) is 0.0556. The Kier molecular flexibility index (Phi) is 5.16. The van der Waals surface area contributed by atoms with E-state index in [0.29, 0.717) is 26.9 Å². The van der Waals surface area contributed by atoms with E-state index in [1.807, 2.05) is 24.3 Å². The molecular weight excluding hydrogens is 361 g/mol. The lowest BCUT2D eigenvalue weighted by Crippen LogP contribution is -2.21. The van der Waals surface area contributed by atoms with Gasteiger partial charge in [-0.2, -0.15) is 0 Å². The third-order valence-electron chi connectivity index (χ3n) is 3.43. The van der Waals surface area contributed by atoms with E-state index in [1.54, 1.807) is 24.4 Å². The van der Waals surface area contributed by atoms with Crippen LogP contribution in [0, 0.1) is 0 Å². The molecule has 3 aromatic rings. The summed E-state index contributed by atoms with van der Waals surface area (Å²) in [5, 5.41) is 6.96. The van der Waals surface area contributed by atoms with Crippen LogP contribution in [0.3, 0.4) is 0 Å². The van der Waals surface area contributed by atoms with Crippen molar-refractivity contribution in [1.29, 1.82) is 0 Å². The van der Waals surface area contributed by atoms with Crippen LogP contribution in [0.25, 0.3) is 10.9 Å². The predicted molar refractivity (Wildman–Crippen MR) is 100 cm³/mol. The number of benzene rings is 2. The first-order valence-corrected chi connectivity index (χ1v) is 8.17. The molecule has 0 radical (unpaired) electrons. The number of aromatic nitrogens is 1. The lowest BCUT2D eigenvalue weighted by atomic mass is 10.2. The predicted octanol–water partition coefficient (Wildman–Crippen LogP) is 4.51. The third kappa shape index (κ3) is 4.26. The Hall–Kier alpha value is -2.63. The summed E-state index contributed by atoms with van der Waals surface area (Å²) in [7, 11) is 0. The Morgan fingerprint density at radius 2 is 1.64 bits per heavy atom. The van der Waals surface area contributed by atoms with Crippen LogP contribution in [0.2, 0.25) is 10.0 Å². The monoisotopic (exact) mass is 373 g/mol. The van der Waals surface area contributed by atoms with E-state index in [4.69, 9.17) is 23.2 Å². The Bertz CT molecular complexity index is 955. The van der Waals surface area contributed by atoms with Gasteiger partial charge in [0, 0.05) is 16.6 Å². The average Bonchev–Trinajstić information content (AvgIpc) is 2.58. The maximum absolute atomic E-state index is 12.1. The van der Waals surface area contributed by atoms with E-state index >= 15 is 0 Å². The summed E-state index contributed by atoms with van der Waals surface area (Å²) in [5.41, 5.74) is 1.58. The average molecular weight is 374 g/mol. The van der Waals surface area contributed by atoms with Crippen molar-refractivity contribution in [2.75, 3.05) is 10.6 Å². The van der Waals surface area contributed by atoms with Crippen LogP contribution in [0.1, 0.15) is 6.42 Å². The Balaban J connectivity index is 1.67. The van der Waals surface area contributed by atoms with Gasteiger partial charge in [-0.25, -0.2) is 0 Å². The quantitative estimate of drug-likeness (QED) is 0.660. The highest BCUT2D eigenvalue weighted by Gasteiger charge is 2.13. The second-order valence-corrected chi connectivity index (χ2v) is 6.12. The molecule has 7 heteroatoms. The van der Waals surface area contributed by atoms with Gasteiger partial charge in [0.05, 0.1) is 21.9 Å². The normalized spacial score (nSPS) is 10.5. The second-order valence-electron chi connectivity index (χ2n) is 5.28. The zero-order chi connectivity index (χ0) is 17.8. The summed E-state index contributed by atoms with van der Waals surface area (Å²) >= 11 is 11.9. The van der Waals surface area contributed by atoms with Crippen molar-refractivity contribution >= 4 is 57.3 Å². The van der Waals surface area contributed by atoms with Gasteiger partial charge in [0.25, 0.3) is 0 Å². The number of carbonyl (C=O) groups excluding carboxylic acids is 2. The van der Waals surface area contributed by atoms with E-state index in [-0.39, 0.29) is 6.42 Å². The number of pyridine rings is 1. The Morgan fingerprint density at radius 1 is 0.920 bits per heavy atom. The molecule has 0 aliphatic carbocycles. The molecule has 0 spiro atoms. The number of hydrogen-bond acceptors (Lipinski definition) is 3. The summed E-state index contributed by atoms with van der Waals surface area (Å²) in [6, 6.07) is 13.9. The van der Waals surface area contributed by atoms with Crippen molar-refractivity contribution in [3.63, 3.8) is 0 Å². The molecular formula is C18H13Cl2N3O2. The first kappa shape index (κ1) is 17.2. The minimum absolute atomic E-state index is 0.344. The zero-order valence-corrected chi connectivity index (χ0v) is 14.4. The topological polar surface area (TPSA) is 71.1 Å². The van der Waals surface area contributed by atoms with Crippen LogP contribution >= 0.6 is 23.2 Å². The van der Waals surface area contributed by atoms with Gasteiger partial charge < -0.3 is 10.6 Å². The molecule has 2 aromatic carbocycles. The van der Waals surface area contributed by atoms with E-state index in [1.165, 1.54) is 6.07 Å². The maximum Gasteiger partial charge on any atom is 0.233 e. The smallest absolute Gasteiger partial charge is 0.233 e. The van der Waals surface area contributed by atoms with E-state index < -0.39 is 11.8 Å². The van der Waals surface area contributed by atoms with Crippen LogP contribution in [0.5, 0.6) is 0 Å². The summed E-state index contributed by atoms with van der Waals surface area (Å²) < 4.78 is 0. The highest BCUT2D eigenvalue weighted by Crippen LogP contribution is 2.25. The molecule has 0 aliphatic heterocycles. The number of rotatable bonds is 4. The van der Waals surface area contributed by atoms with E-state index in [0.717, 1.165) is 5.39 Å². The zero-order valence-electron chi connectivity index (χ0n) is 12.9. The van der Waals surface area contributed by atoms with Gasteiger partial charge in [0.15, 0.2) is 0 Å². The highest BCUT2D eigenvalue weighted by atomic mass is 35.5. The lowest BCUT2D eigenvalue weighted by Gasteiger charge is -2.09. The summed E-state index contributed by atoms with van der Waals surface area (Å²) in [6.07, 6.45) is 1.29. The number of carbonyl (C=O) groups is 2. The van der Waals surface area contributed by atoms with Crippen molar-refractivity contribution in [3.8, 4) is 0 Å². The van der Waals surface area contributed by atoms with E-state index in [9.17, 15) is 9.59 Å². The molecule has 2 amide bonds. The molecule has 0 unspecified atom stereocenters. The van der Waals surface area contributed by atoms with Gasteiger partial charge in [-0.05, 0) is 30.3 Å². The maximum atomic E-state index is 12.1. The minimum Gasteiger partial charge on any atom is -0.324 e. The van der Waals surface area contributed by atoms with Crippen molar-refractivity contribution in [3.05, 3.63) is 64.8 Å². The number of hydrogen-bond donors (Lipinski definition) is 2. The van der Waals surface area contributed by atoms with Crippen LogP contribution in [-0.4, -0.2) is 16.8 Å². The largest absolute Gasteiger partial charge is 0.324 e. The molecule has 0 fully saturated rings. The van der Waals surface area contributed by atoms with Crippen LogP contribution in [-0.2, 0) is 9.59 Å². The molecule has 1 aromatic heterocycles. The SMILES string of the molecule is O=C(CC(=O)Nc1cccc2cccnc12)Nc1cc(Cl)ccc1Cl. The Labute approximate surface area is 154 Å². The lowest BCUT2D eigenvalue weighted by molar-refractivity contribution is -0.123. The fourth-order valence-electron chi connectivity index (χ4n) is 2.33. The number of nitrogens with zero attached hydrogens (tertiary/aromatic N) is 1. The van der Waals surface area contributed by atoms with Crippen LogP contribution < -0.4 is 10.6 Å². The number of halogens is 2. The molecule has 1 heterocycles. The molecule has 0 saturated carbocycles. The number of anilines is 2. The van der Waals surface area contributed by atoms with Gasteiger partial charge in [0.1, 0.15) is 6.42 Å². The molecule has 5 nitrogen and oxygen atoms in total. The van der Waals surface area contributed by atoms with Gasteiger partial charge in [-0.1, -0.05) is 41.4 Å². The van der Waals surface area contributed by atoms with Gasteiger partial charge in [-0.15, -0.1) is 0 Å². The fourth-order valence-corrected chi connectivity index (χ4v) is 2.67. The molecule has 0 saturated heterocycles. The van der Waals surface area contributed by atoms with Gasteiger partial charge in [-0.3, -0.25) is 14.6 Å². The van der Waals surface area contributed by atoms with Crippen molar-refractivity contribution in [2.45, 2.75) is 6.42 Å². The summed E-state index contributed by atoms with van der Waals surface area (Å²) in [4.78, 5) is 28.5. The highest BCUT2D eigenvalue weighted by molar-refractivity contribution is 6.35. The van der Waals surface area contributed by atoms with E-state index in [2.05, 4.69) is 15.6 Å². The number of amides is 2. The second kappa shape index (κ2) is 7.51. The van der Waals surface area contributed by atoms with Crippen molar-refractivity contribution < 1.29 is 9.59 Å². The summed E-state index contributed by atoms with van der Waals surface area (Å²) in [6.45, 7) is 0. The van der Waals surface area contributed by atoms with Gasteiger partial charge in [0.2, 0.25) is 11.8 Å². The number of para-hydroxylation sites is 1. The summed E-state index contributed by atoms with van der Waals surface area (Å²) in [5.74, 6) is -0.941. The minimum atomic E-state index is -0.491. The molecule has 25 heavy (non-hydrogen) atoms. The van der Waals surface area contributed by atoms with Crippen LogP contribution in [0.15, 0.2) is 54.7 Å². The standard InChI is InChI=1S/C18H13Cl2N3O2/c19-12-6-7-13(20)15(9-12)23-17(25)10-16(24)22-14-5-1-3-11-4-2-8-21-18(11)14/h1-9H,10H2,(H,22,24)(H,23,25). The van der Waals surface area contributed by atoms with Gasteiger partial charge >= 0.3 is 0 Å². The third-order valence-corrected chi connectivity index (χ3v) is 4.00. The molecule has 0 aliphatic rings. The Morgan fingerprint density at radius 3 is 2.44 bits per heavy atom. The molecule has 126 valence electrons. The molecule has 3 rings (SSSR count). The van der Waals surface area contributed by atoms with Crippen molar-refractivity contribution in [2.24, 2.45) is 0 Å². The van der Waals surface area contributed by atoms with Crippen molar-refractivity contribution in [1.82, 2.24) is 4.98 Å². The number of fused-ring (bicyclic) bond motifs is 1. The molecule has 0 atom stereocenters. The first-order chi connectivity index (χ1) is 12.0.